The first-order chi connectivity index (χ1) is 10.6. The van der Waals surface area contributed by atoms with Crippen LogP contribution in [0.3, 0.4) is 0 Å². The van der Waals surface area contributed by atoms with Crippen molar-refractivity contribution in [2.75, 3.05) is 6.61 Å². The van der Waals surface area contributed by atoms with Gasteiger partial charge in [0, 0.05) is 31.1 Å². The second-order valence-electron chi connectivity index (χ2n) is 5.42. The van der Waals surface area contributed by atoms with Gasteiger partial charge >= 0.3 is 0 Å². The fraction of sp³-hybridized carbons (Fsp3) is 0.375. The highest BCUT2D eigenvalue weighted by Gasteiger charge is 2.33. The SMILES string of the molecule is Cn1ccnc1[C@H]1OCC[C@@H]1NC(=O)Cc1ccccc1Cl. The van der Waals surface area contributed by atoms with E-state index >= 15 is 0 Å². The number of carbonyl (C=O) groups is 1. The van der Waals surface area contributed by atoms with Crippen LogP contribution in [0.25, 0.3) is 0 Å². The average Bonchev–Trinajstić information content (AvgIpc) is 3.10. The zero-order valence-electron chi connectivity index (χ0n) is 12.3. The van der Waals surface area contributed by atoms with Gasteiger partial charge in [0.15, 0.2) is 0 Å². The summed E-state index contributed by atoms with van der Waals surface area (Å²) in [6.45, 7) is 0.620. The molecule has 1 fully saturated rings. The molecule has 2 heterocycles. The van der Waals surface area contributed by atoms with Crippen LogP contribution in [-0.2, 0) is 23.0 Å². The maximum absolute atomic E-state index is 12.3. The van der Waals surface area contributed by atoms with Gasteiger partial charge in [-0.15, -0.1) is 0 Å². The maximum atomic E-state index is 12.3. The number of benzene rings is 1. The third kappa shape index (κ3) is 3.15. The molecule has 1 amide bonds. The van der Waals surface area contributed by atoms with Crippen molar-refractivity contribution < 1.29 is 9.53 Å². The predicted octanol–water partition coefficient (Wildman–Crippen LogP) is 2.26. The Bertz CT molecular complexity index is 671. The second-order valence-corrected chi connectivity index (χ2v) is 5.83. The fourth-order valence-electron chi connectivity index (χ4n) is 2.72. The number of hydrogen-bond donors (Lipinski definition) is 1. The van der Waals surface area contributed by atoms with E-state index in [9.17, 15) is 4.79 Å². The smallest absolute Gasteiger partial charge is 0.224 e. The van der Waals surface area contributed by atoms with Crippen LogP contribution in [0.2, 0.25) is 5.02 Å². The monoisotopic (exact) mass is 319 g/mol. The van der Waals surface area contributed by atoms with E-state index in [1.54, 1.807) is 12.3 Å². The number of imidazole rings is 1. The Balaban J connectivity index is 1.66. The molecule has 2 atom stereocenters. The topological polar surface area (TPSA) is 56.1 Å². The lowest BCUT2D eigenvalue weighted by Gasteiger charge is -2.19. The van der Waals surface area contributed by atoms with Gasteiger partial charge in [0.1, 0.15) is 11.9 Å². The summed E-state index contributed by atoms with van der Waals surface area (Å²) in [6.07, 6.45) is 4.46. The van der Waals surface area contributed by atoms with Crippen molar-refractivity contribution in [1.82, 2.24) is 14.9 Å². The van der Waals surface area contributed by atoms with Crippen LogP contribution < -0.4 is 5.32 Å². The number of aromatic nitrogens is 2. The molecule has 0 unspecified atom stereocenters. The zero-order valence-corrected chi connectivity index (χ0v) is 13.1. The molecule has 1 aliphatic rings. The fourth-order valence-corrected chi connectivity index (χ4v) is 2.92. The summed E-state index contributed by atoms with van der Waals surface area (Å²) in [7, 11) is 1.92. The standard InChI is InChI=1S/C16H18ClN3O2/c1-20-8-7-18-16(20)15-13(6-9-22-15)19-14(21)10-11-4-2-3-5-12(11)17/h2-5,7-8,13,15H,6,9-10H2,1H3,(H,19,21)/t13-,15-/m0/s1. The van der Waals surface area contributed by atoms with Gasteiger partial charge in [-0.3, -0.25) is 4.79 Å². The van der Waals surface area contributed by atoms with Gasteiger partial charge in [-0.2, -0.15) is 0 Å². The summed E-state index contributed by atoms with van der Waals surface area (Å²) in [5.41, 5.74) is 0.828. The zero-order chi connectivity index (χ0) is 15.5. The first-order valence-electron chi connectivity index (χ1n) is 7.27. The second kappa shape index (κ2) is 6.50. The van der Waals surface area contributed by atoms with Crippen molar-refractivity contribution >= 4 is 17.5 Å². The van der Waals surface area contributed by atoms with E-state index in [0.717, 1.165) is 17.8 Å². The Morgan fingerprint density at radius 2 is 2.32 bits per heavy atom. The van der Waals surface area contributed by atoms with Crippen LogP contribution >= 0.6 is 11.6 Å². The number of hydrogen-bond acceptors (Lipinski definition) is 3. The van der Waals surface area contributed by atoms with Crippen molar-refractivity contribution in [1.29, 1.82) is 0 Å². The highest BCUT2D eigenvalue weighted by Crippen LogP contribution is 2.28. The number of amides is 1. The minimum Gasteiger partial charge on any atom is -0.368 e. The van der Waals surface area contributed by atoms with Gasteiger partial charge in [-0.1, -0.05) is 29.8 Å². The Hall–Kier alpha value is -1.85. The Morgan fingerprint density at radius 3 is 3.05 bits per heavy atom. The molecular weight excluding hydrogens is 302 g/mol. The Labute approximate surface area is 134 Å². The number of nitrogens with one attached hydrogen (secondary N) is 1. The lowest BCUT2D eigenvalue weighted by Crippen LogP contribution is -2.38. The van der Waals surface area contributed by atoms with Crippen molar-refractivity contribution in [3.63, 3.8) is 0 Å². The van der Waals surface area contributed by atoms with E-state index in [-0.39, 0.29) is 24.5 Å². The lowest BCUT2D eigenvalue weighted by atomic mass is 10.1. The molecule has 6 heteroatoms. The molecule has 0 bridgehead atoms. The van der Waals surface area contributed by atoms with Crippen molar-refractivity contribution in [3.8, 4) is 0 Å². The number of rotatable bonds is 4. The quantitative estimate of drug-likeness (QED) is 0.940. The molecule has 0 saturated carbocycles. The number of nitrogens with zero attached hydrogens (tertiary/aromatic N) is 2. The van der Waals surface area contributed by atoms with Crippen LogP contribution in [-0.4, -0.2) is 28.1 Å². The molecule has 0 spiro atoms. The molecule has 2 aromatic rings. The molecule has 1 aliphatic heterocycles. The first-order valence-corrected chi connectivity index (χ1v) is 7.64. The van der Waals surface area contributed by atoms with Gasteiger partial charge in [-0.25, -0.2) is 4.98 Å². The van der Waals surface area contributed by atoms with Crippen molar-refractivity contribution in [2.45, 2.75) is 25.0 Å². The number of aryl methyl sites for hydroxylation is 1. The van der Waals surface area contributed by atoms with Crippen molar-refractivity contribution in [3.05, 3.63) is 53.1 Å². The van der Waals surface area contributed by atoms with Crippen LogP contribution in [0.1, 0.15) is 23.9 Å². The average molecular weight is 320 g/mol. The van der Waals surface area contributed by atoms with Crippen LogP contribution in [0.15, 0.2) is 36.7 Å². The summed E-state index contributed by atoms with van der Waals surface area (Å²) in [5, 5.41) is 3.66. The largest absolute Gasteiger partial charge is 0.368 e. The molecular formula is C16H18ClN3O2. The molecule has 5 nitrogen and oxygen atoms in total. The van der Waals surface area contributed by atoms with E-state index in [4.69, 9.17) is 16.3 Å². The molecule has 3 rings (SSSR count). The third-order valence-corrected chi connectivity index (χ3v) is 4.23. The van der Waals surface area contributed by atoms with Crippen LogP contribution in [0, 0.1) is 0 Å². The third-order valence-electron chi connectivity index (χ3n) is 3.86. The summed E-state index contributed by atoms with van der Waals surface area (Å²) < 4.78 is 7.66. The summed E-state index contributed by atoms with van der Waals surface area (Å²) in [6, 6.07) is 7.33. The molecule has 1 N–H and O–H groups in total. The molecule has 1 saturated heterocycles. The Kier molecular flexibility index (Phi) is 4.45. The molecule has 0 aliphatic carbocycles. The molecule has 1 aromatic heterocycles. The summed E-state index contributed by atoms with van der Waals surface area (Å²) >= 11 is 6.10. The van der Waals surface area contributed by atoms with Crippen LogP contribution in [0.4, 0.5) is 0 Å². The minimum atomic E-state index is -0.199. The number of ether oxygens (including phenoxy) is 1. The van der Waals surface area contributed by atoms with Crippen LogP contribution in [0.5, 0.6) is 0 Å². The van der Waals surface area contributed by atoms with Gasteiger partial charge in [0.2, 0.25) is 5.91 Å². The van der Waals surface area contributed by atoms with Crippen molar-refractivity contribution in [2.24, 2.45) is 7.05 Å². The van der Waals surface area contributed by atoms with Gasteiger partial charge in [0.25, 0.3) is 0 Å². The molecule has 1 aromatic carbocycles. The van der Waals surface area contributed by atoms with E-state index in [2.05, 4.69) is 10.3 Å². The predicted molar refractivity (Wildman–Crippen MR) is 83.6 cm³/mol. The minimum absolute atomic E-state index is 0.0530. The molecule has 22 heavy (non-hydrogen) atoms. The highest BCUT2D eigenvalue weighted by molar-refractivity contribution is 6.31. The number of halogens is 1. The van der Waals surface area contributed by atoms with E-state index in [0.29, 0.717) is 11.6 Å². The summed E-state index contributed by atoms with van der Waals surface area (Å²) in [4.78, 5) is 16.6. The van der Waals surface area contributed by atoms with E-state index in [1.165, 1.54) is 0 Å². The van der Waals surface area contributed by atoms with Gasteiger partial charge < -0.3 is 14.6 Å². The summed E-state index contributed by atoms with van der Waals surface area (Å²) in [5.74, 6) is 0.781. The maximum Gasteiger partial charge on any atom is 0.224 e. The molecule has 116 valence electrons. The Morgan fingerprint density at radius 1 is 1.50 bits per heavy atom. The highest BCUT2D eigenvalue weighted by atomic mass is 35.5. The normalized spacial score (nSPS) is 21.0. The van der Waals surface area contributed by atoms with Gasteiger partial charge in [0.05, 0.1) is 12.5 Å². The van der Waals surface area contributed by atoms with Gasteiger partial charge in [-0.05, 0) is 18.1 Å². The van der Waals surface area contributed by atoms with E-state index in [1.807, 2.05) is 36.0 Å². The lowest BCUT2D eigenvalue weighted by molar-refractivity contribution is -0.121. The first kappa shape index (κ1) is 15.1. The van der Waals surface area contributed by atoms with E-state index < -0.39 is 0 Å². The number of carbonyl (C=O) groups excluding carboxylic acids is 1. The molecule has 0 radical (unpaired) electrons.